The molecule has 8 rings (SSSR count). The first-order chi connectivity index (χ1) is 16.8. The molecule has 6 aromatic rings. The van der Waals surface area contributed by atoms with Gasteiger partial charge in [0.25, 0.3) is 0 Å². The molecule has 0 N–H and O–H groups in total. The summed E-state index contributed by atoms with van der Waals surface area (Å²) in [6.07, 6.45) is 0. The largest absolute Gasteiger partial charge is 0.376 e. The van der Waals surface area contributed by atoms with Crippen LogP contribution >= 0.6 is 0 Å². The van der Waals surface area contributed by atoms with Crippen molar-refractivity contribution in [3.63, 3.8) is 0 Å². The van der Waals surface area contributed by atoms with E-state index in [-0.39, 0.29) is 6.85 Å². The molecular formula is C31H21BN2. The summed E-state index contributed by atoms with van der Waals surface area (Å²) in [7, 11) is 0. The fraction of sp³-hybridized carbons (Fsp3) is 0.0323. The second-order valence-electron chi connectivity index (χ2n) is 9.47. The minimum absolute atomic E-state index is 0.114. The third-order valence-electron chi connectivity index (χ3n) is 7.58. The van der Waals surface area contributed by atoms with Gasteiger partial charge in [-0.2, -0.15) is 0 Å². The number of aromatic nitrogens is 1. The summed E-state index contributed by atoms with van der Waals surface area (Å²) >= 11 is 0. The second-order valence-corrected chi connectivity index (χ2v) is 9.47. The molecule has 2 aliphatic heterocycles. The van der Waals surface area contributed by atoms with Crippen molar-refractivity contribution in [2.45, 2.75) is 6.92 Å². The van der Waals surface area contributed by atoms with Gasteiger partial charge in [0.2, 0.25) is 0 Å². The molecule has 5 aromatic carbocycles. The molecule has 0 spiro atoms. The number of hydrogen-bond donors (Lipinski definition) is 0. The highest BCUT2D eigenvalue weighted by atomic mass is 15.1. The van der Waals surface area contributed by atoms with Crippen molar-refractivity contribution >= 4 is 51.0 Å². The van der Waals surface area contributed by atoms with Crippen molar-refractivity contribution in [1.29, 1.82) is 0 Å². The monoisotopic (exact) mass is 432 g/mol. The number of para-hydroxylation sites is 4. The molecule has 0 saturated heterocycles. The van der Waals surface area contributed by atoms with Crippen molar-refractivity contribution in [2.24, 2.45) is 0 Å². The zero-order valence-corrected chi connectivity index (χ0v) is 18.9. The molecule has 0 amide bonds. The fourth-order valence-corrected chi connectivity index (χ4v) is 6.34. The zero-order chi connectivity index (χ0) is 22.4. The summed E-state index contributed by atoms with van der Waals surface area (Å²) in [6, 6.07) is 40.2. The summed E-state index contributed by atoms with van der Waals surface area (Å²) in [5, 5.41) is 2.64. The molecule has 0 saturated carbocycles. The van der Waals surface area contributed by atoms with Gasteiger partial charge in [0.05, 0.1) is 11.0 Å². The highest BCUT2D eigenvalue weighted by Crippen LogP contribution is 2.44. The number of rotatable bonds is 1. The zero-order valence-electron chi connectivity index (χ0n) is 18.9. The number of aryl methyl sites for hydroxylation is 1. The van der Waals surface area contributed by atoms with Crippen molar-refractivity contribution in [2.75, 3.05) is 4.81 Å². The van der Waals surface area contributed by atoms with E-state index >= 15 is 0 Å². The van der Waals surface area contributed by atoms with Gasteiger partial charge in [-0.05, 0) is 59.3 Å². The maximum absolute atomic E-state index is 2.55. The fourth-order valence-electron chi connectivity index (χ4n) is 6.34. The van der Waals surface area contributed by atoms with Gasteiger partial charge in [-0.3, -0.25) is 0 Å². The van der Waals surface area contributed by atoms with Crippen LogP contribution in [0.25, 0.3) is 38.6 Å². The van der Waals surface area contributed by atoms with Gasteiger partial charge in [0.15, 0.2) is 0 Å². The van der Waals surface area contributed by atoms with Crippen molar-refractivity contribution in [1.82, 2.24) is 4.57 Å². The van der Waals surface area contributed by atoms with Crippen LogP contribution in [0.15, 0.2) is 109 Å². The standard InChI is InChI=1S/C31H21BN2/c1-20-18-25-23-13-6-8-17-28(23)34(21-10-3-2-4-11-21)32-26-15-9-14-24-22-12-5-7-16-27(22)33(31(24)26)29(19-20)30(25)32/h2-19H,1H3. The number of nitrogens with zero attached hydrogens (tertiary/aromatic N) is 2. The van der Waals surface area contributed by atoms with E-state index < -0.39 is 0 Å². The Kier molecular flexibility index (Phi) is 3.44. The maximum Gasteiger partial charge on any atom is 0.333 e. The van der Waals surface area contributed by atoms with Gasteiger partial charge in [0, 0.05) is 33.4 Å². The molecule has 34 heavy (non-hydrogen) atoms. The van der Waals surface area contributed by atoms with Gasteiger partial charge >= 0.3 is 6.85 Å². The summed E-state index contributed by atoms with van der Waals surface area (Å²) in [6.45, 7) is 2.34. The summed E-state index contributed by atoms with van der Waals surface area (Å²) in [4.78, 5) is 2.55. The quantitative estimate of drug-likeness (QED) is 0.276. The Labute approximate surface area is 198 Å². The Hall–Kier alpha value is -4.24. The third-order valence-corrected chi connectivity index (χ3v) is 7.58. The third kappa shape index (κ3) is 2.17. The lowest BCUT2D eigenvalue weighted by Crippen LogP contribution is -2.60. The van der Waals surface area contributed by atoms with Gasteiger partial charge in [0.1, 0.15) is 0 Å². The highest BCUT2D eigenvalue weighted by Gasteiger charge is 2.43. The molecule has 3 heterocycles. The van der Waals surface area contributed by atoms with Crippen LogP contribution in [-0.2, 0) is 0 Å². The molecule has 1 aromatic heterocycles. The van der Waals surface area contributed by atoms with Gasteiger partial charge in [-0.15, -0.1) is 0 Å². The Bertz CT molecular complexity index is 1780. The maximum atomic E-state index is 2.55. The molecule has 0 aliphatic carbocycles. The van der Waals surface area contributed by atoms with Crippen molar-refractivity contribution < 1.29 is 0 Å². The van der Waals surface area contributed by atoms with Crippen LogP contribution in [0, 0.1) is 6.92 Å². The van der Waals surface area contributed by atoms with E-state index in [1.54, 1.807) is 0 Å². The van der Waals surface area contributed by atoms with E-state index in [2.05, 4.69) is 125 Å². The van der Waals surface area contributed by atoms with Crippen LogP contribution < -0.4 is 15.7 Å². The predicted molar refractivity (Wildman–Crippen MR) is 145 cm³/mol. The molecule has 0 atom stereocenters. The summed E-state index contributed by atoms with van der Waals surface area (Å²) < 4.78 is 2.51. The van der Waals surface area contributed by atoms with E-state index in [0.717, 1.165) is 0 Å². The molecule has 0 radical (unpaired) electrons. The average Bonchev–Trinajstić information content (AvgIpc) is 3.23. The molecule has 0 bridgehead atoms. The predicted octanol–water partition coefficient (Wildman–Crippen LogP) is 6.33. The van der Waals surface area contributed by atoms with Crippen molar-refractivity contribution in [3.8, 4) is 16.8 Å². The lowest BCUT2D eigenvalue weighted by Gasteiger charge is -2.42. The van der Waals surface area contributed by atoms with Crippen LogP contribution in [0.1, 0.15) is 5.56 Å². The Morgan fingerprint density at radius 3 is 2.29 bits per heavy atom. The molecule has 2 aliphatic rings. The Morgan fingerprint density at radius 2 is 1.38 bits per heavy atom. The van der Waals surface area contributed by atoms with E-state index in [1.807, 2.05) is 0 Å². The minimum Gasteiger partial charge on any atom is -0.376 e. The van der Waals surface area contributed by atoms with Crippen molar-refractivity contribution in [3.05, 3.63) is 115 Å². The first kappa shape index (κ1) is 18.2. The lowest BCUT2D eigenvalue weighted by molar-refractivity contribution is 1.17. The van der Waals surface area contributed by atoms with E-state index in [0.29, 0.717) is 0 Å². The molecule has 3 heteroatoms. The number of fused-ring (bicyclic) bond motifs is 7. The number of anilines is 2. The van der Waals surface area contributed by atoms with Gasteiger partial charge in [-0.25, -0.2) is 0 Å². The van der Waals surface area contributed by atoms with Crippen LogP contribution in [0.3, 0.4) is 0 Å². The minimum atomic E-state index is 0.114. The van der Waals surface area contributed by atoms with Crippen LogP contribution in [0.4, 0.5) is 11.4 Å². The van der Waals surface area contributed by atoms with Crippen LogP contribution in [0.2, 0.25) is 0 Å². The number of benzene rings is 5. The molecule has 0 unspecified atom stereocenters. The topological polar surface area (TPSA) is 8.17 Å². The van der Waals surface area contributed by atoms with E-state index in [4.69, 9.17) is 0 Å². The number of hydrogen-bond acceptors (Lipinski definition) is 1. The summed E-state index contributed by atoms with van der Waals surface area (Å²) in [5.41, 5.74) is 13.1. The first-order valence-electron chi connectivity index (χ1n) is 11.9. The van der Waals surface area contributed by atoms with Gasteiger partial charge < -0.3 is 9.38 Å². The normalized spacial score (nSPS) is 13.3. The van der Waals surface area contributed by atoms with Gasteiger partial charge in [-0.1, -0.05) is 78.9 Å². The Balaban J connectivity index is 1.61. The molecule has 158 valence electrons. The van der Waals surface area contributed by atoms with Crippen LogP contribution in [0.5, 0.6) is 0 Å². The SMILES string of the molecule is Cc1cc2c3c(c1)-n1c4ccccc4c4cccc(c41)B3N(c1ccccc1)c1ccccc1-2. The molecule has 2 nitrogen and oxygen atoms in total. The average molecular weight is 432 g/mol. The van der Waals surface area contributed by atoms with E-state index in [1.165, 1.54) is 66.5 Å². The Morgan fingerprint density at radius 1 is 0.618 bits per heavy atom. The lowest BCUT2D eigenvalue weighted by atomic mass is 9.44. The van der Waals surface area contributed by atoms with E-state index in [9.17, 15) is 0 Å². The molecular weight excluding hydrogens is 411 g/mol. The van der Waals surface area contributed by atoms with Crippen LogP contribution in [-0.4, -0.2) is 11.4 Å². The summed E-state index contributed by atoms with van der Waals surface area (Å²) in [5.74, 6) is 0. The second kappa shape index (κ2) is 6.42. The highest BCUT2D eigenvalue weighted by molar-refractivity contribution is 6.93. The molecule has 0 fully saturated rings. The first-order valence-corrected chi connectivity index (χ1v) is 11.9. The smallest absolute Gasteiger partial charge is 0.333 e.